The van der Waals surface area contributed by atoms with E-state index in [4.69, 9.17) is 29.6 Å². The minimum absolute atomic E-state index is 0.0340. The number of thiol groups is 1. The van der Waals surface area contributed by atoms with E-state index in [1.165, 1.54) is 23.5 Å². The Hall–Kier alpha value is -2.62. The third-order valence-electron chi connectivity index (χ3n) is 8.96. The summed E-state index contributed by atoms with van der Waals surface area (Å²) < 4.78 is 52.7. The van der Waals surface area contributed by atoms with Crippen molar-refractivity contribution in [3.63, 3.8) is 0 Å². The van der Waals surface area contributed by atoms with Crippen molar-refractivity contribution < 1.29 is 42.3 Å². The monoisotopic (exact) mass is 716 g/mol. The van der Waals surface area contributed by atoms with Crippen LogP contribution >= 0.6 is 38.6 Å². The summed E-state index contributed by atoms with van der Waals surface area (Å²) in [7, 11) is -4.94. The topological polar surface area (TPSA) is 291 Å². The summed E-state index contributed by atoms with van der Waals surface area (Å²) in [5.41, 5.74) is 10.6. The average Bonchev–Trinajstić information content (AvgIpc) is 3.26. The number of nitrogens with two attached hydrogens (primary N) is 2. The van der Waals surface area contributed by atoms with E-state index in [1.54, 1.807) is 4.57 Å². The summed E-state index contributed by atoms with van der Waals surface area (Å²) in [6.45, 7) is -5.11. The molecule has 1 spiro atoms. The maximum atomic E-state index is 13.6. The normalized spacial score (nSPS) is 41.0. The molecule has 20 nitrogen and oxygen atoms in total. The zero-order valence-electron chi connectivity index (χ0n) is 23.2. The van der Waals surface area contributed by atoms with Crippen molar-refractivity contribution in [2.75, 3.05) is 24.7 Å². The number of aromatic nitrogens is 8. The molecular weight excluding hydrogens is 690 g/mol. The Balaban J connectivity index is 1.14. The van der Waals surface area contributed by atoms with E-state index in [1.807, 2.05) is 0 Å². The van der Waals surface area contributed by atoms with E-state index in [0.29, 0.717) is 17.6 Å². The number of aliphatic hydroxyl groups excluding tert-OH is 2. The molecule has 6 heterocycles. The van der Waals surface area contributed by atoms with Crippen molar-refractivity contribution in [2.45, 2.75) is 47.5 Å². The first-order valence-electron chi connectivity index (χ1n) is 13.8. The number of phosphoric ester groups is 1. The van der Waals surface area contributed by atoms with Gasteiger partial charge in [0, 0.05) is 5.41 Å². The van der Waals surface area contributed by atoms with Gasteiger partial charge in [0.05, 0.1) is 43.3 Å². The van der Waals surface area contributed by atoms with E-state index in [0.717, 1.165) is 11.8 Å². The number of nitrogens with one attached hydrogen (secondary N) is 1. The van der Waals surface area contributed by atoms with Gasteiger partial charge in [0.2, 0.25) is 5.95 Å². The molecule has 11 atom stereocenters. The molecule has 4 fully saturated rings. The number of aliphatic hydroxyl groups is 2. The third kappa shape index (κ3) is 4.73. The summed E-state index contributed by atoms with van der Waals surface area (Å²) >= 11 is 5.19. The van der Waals surface area contributed by atoms with Crippen molar-refractivity contribution in [3.05, 3.63) is 29.3 Å². The lowest BCUT2D eigenvalue weighted by Crippen LogP contribution is -2.37. The van der Waals surface area contributed by atoms with Crippen LogP contribution in [0, 0.1) is 11.3 Å². The van der Waals surface area contributed by atoms with E-state index in [-0.39, 0.29) is 22.9 Å². The maximum absolute atomic E-state index is 13.6. The minimum Gasteiger partial charge on any atom is -0.389 e. The molecule has 46 heavy (non-hydrogen) atoms. The second-order valence-electron chi connectivity index (χ2n) is 11.5. The molecule has 2 saturated carbocycles. The van der Waals surface area contributed by atoms with Crippen LogP contribution in [0.4, 0.5) is 11.8 Å². The fraction of sp³-hybridized carbons (Fsp3) is 0.545. The van der Waals surface area contributed by atoms with Gasteiger partial charge in [0.1, 0.15) is 35.5 Å². The number of aromatic amines is 1. The smallest absolute Gasteiger partial charge is 0.389 e. The molecule has 4 aliphatic rings. The Bertz CT molecular complexity index is 2050. The molecule has 2 aliphatic heterocycles. The molecule has 4 aromatic heterocycles. The van der Waals surface area contributed by atoms with Gasteiger partial charge < -0.3 is 31.1 Å². The van der Waals surface area contributed by atoms with Gasteiger partial charge in [-0.05, 0) is 12.3 Å². The van der Waals surface area contributed by atoms with Crippen LogP contribution in [0.25, 0.3) is 22.3 Å². The van der Waals surface area contributed by atoms with Crippen molar-refractivity contribution in [2.24, 2.45) is 11.3 Å². The van der Waals surface area contributed by atoms with Gasteiger partial charge >= 0.3 is 14.6 Å². The molecule has 2 saturated heterocycles. The van der Waals surface area contributed by atoms with Gasteiger partial charge in [0.25, 0.3) is 5.56 Å². The summed E-state index contributed by atoms with van der Waals surface area (Å²) in [6, 6.07) is -0.733. The van der Waals surface area contributed by atoms with Crippen LogP contribution in [0.2, 0.25) is 0 Å². The first-order valence-corrected chi connectivity index (χ1v) is 18.9. The molecule has 8 rings (SSSR count). The van der Waals surface area contributed by atoms with Crippen LogP contribution in [0.5, 0.6) is 0 Å². The van der Waals surface area contributed by atoms with E-state index in [9.17, 15) is 29.0 Å². The Kier molecular flexibility index (Phi) is 6.97. The van der Waals surface area contributed by atoms with E-state index >= 15 is 0 Å². The molecule has 246 valence electrons. The number of hydrogen-bond donors (Lipinski definition) is 7. The first kappa shape index (κ1) is 30.7. The highest BCUT2D eigenvalue weighted by molar-refractivity contribution is 8.44. The van der Waals surface area contributed by atoms with Gasteiger partial charge in [-0.1, -0.05) is 12.2 Å². The Morgan fingerprint density at radius 3 is 2.61 bits per heavy atom. The minimum atomic E-state index is -4.94. The number of phosphoric acid groups is 1. The highest BCUT2D eigenvalue weighted by Crippen LogP contribution is 2.73. The fourth-order valence-electron chi connectivity index (χ4n) is 6.81. The van der Waals surface area contributed by atoms with Gasteiger partial charge in [-0.2, -0.15) is 4.98 Å². The molecule has 2 aliphatic carbocycles. The molecule has 1 unspecified atom stereocenters. The van der Waals surface area contributed by atoms with Crippen LogP contribution in [0.1, 0.15) is 17.8 Å². The number of fused-ring (bicyclic) bond motifs is 4. The second kappa shape index (κ2) is 10.4. The van der Waals surface area contributed by atoms with Crippen LogP contribution in [0.3, 0.4) is 0 Å². The molecule has 2 bridgehead atoms. The van der Waals surface area contributed by atoms with Crippen LogP contribution in [-0.2, 0) is 27.2 Å². The van der Waals surface area contributed by atoms with Gasteiger partial charge in [0.15, 0.2) is 22.6 Å². The number of H-pyrrole nitrogens is 1. The van der Waals surface area contributed by atoms with Crippen LogP contribution in [0.15, 0.2) is 23.8 Å². The Morgan fingerprint density at radius 1 is 1.04 bits per heavy atom. The summed E-state index contributed by atoms with van der Waals surface area (Å²) in [6.07, 6.45) is -1.18. The number of imidazole rings is 2. The number of nitrogen functional groups attached to an aromatic ring is 2. The van der Waals surface area contributed by atoms with E-state index < -0.39 is 85.8 Å². The van der Waals surface area contributed by atoms with Crippen molar-refractivity contribution in [1.29, 1.82) is 0 Å². The second-order valence-corrected chi connectivity index (χ2v) is 17.2. The highest BCUT2D eigenvalue weighted by Gasteiger charge is 2.74. The first-order chi connectivity index (χ1) is 21.8. The molecule has 0 aromatic carbocycles. The lowest BCUT2D eigenvalue weighted by Gasteiger charge is -2.30. The summed E-state index contributed by atoms with van der Waals surface area (Å²) in [4.78, 5) is 46.3. The number of nitrogens with zero attached hydrogens (tertiary/aromatic N) is 7. The van der Waals surface area contributed by atoms with Crippen molar-refractivity contribution >= 4 is 72.7 Å². The number of thioether (sulfide) groups is 1. The van der Waals surface area contributed by atoms with Crippen LogP contribution in [-0.4, -0.2) is 97.0 Å². The van der Waals surface area contributed by atoms with Crippen molar-refractivity contribution in [3.8, 4) is 0 Å². The SMILES string of the molecule is Nc1nc2c(ncn2[C@@H]2S[C@@H]3CO[P@@](=O)(S)O[C@H]4[C@@H](O)[C@H](n5cnc6c(N)ncnc65)[C@H]5C[C@]54COP(=O)(O)O[C@@H]2[C@@H]3O)c(=O)[nH]1. The third-order valence-corrected chi connectivity index (χ3v) is 13.1. The molecule has 24 heteroatoms. The zero-order chi connectivity index (χ0) is 32.3. The highest BCUT2D eigenvalue weighted by atomic mass is 32.7. The van der Waals surface area contributed by atoms with Gasteiger partial charge in [-0.25, -0.2) is 29.1 Å². The van der Waals surface area contributed by atoms with Crippen molar-refractivity contribution in [1.82, 2.24) is 39.0 Å². The largest absolute Gasteiger partial charge is 0.472 e. The summed E-state index contributed by atoms with van der Waals surface area (Å²) in [5.74, 6) is -0.480. The predicted molar refractivity (Wildman–Crippen MR) is 162 cm³/mol. The number of rotatable bonds is 2. The lowest BCUT2D eigenvalue weighted by molar-refractivity contribution is -0.0224. The molecule has 8 N–H and O–H groups in total. The Labute approximate surface area is 266 Å². The zero-order valence-corrected chi connectivity index (χ0v) is 26.7. The number of hydrogen-bond acceptors (Lipinski definition) is 17. The quantitative estimate of drug-likeness (QED) is 0.106. The van der Waals surface area contributed by atoms with Gasteiger partial charge in [-0.15, -0.1) is 11.8 Å². The summed E-state index contributed by atoms with van der Waals surface area (Å²) in [5, 5.41) is 20.9. The molecule has 0 radical (unpaired) electrons. The average molecular weight is 717 g/mol. The van der Waals surface area contributed by atoms with Crippen LogP contribution < -0.4 is 17.0 Å². The molecular formula is C22H26N10O10P2S2. The predicted octanol–water partition coefficient (Wildman–Crippen LogP) is -0.0238. The standard InChI is InChI=1S/C22H26N10O10P2S2/c23-16-9-17(26-4-25-16)31(5-27-9)11-7-1-22(7)3-40-43(36,37)41-14-12(33)8(2-39-44(38,45)42-15(22)13(11)34)46-20(14)32-6-28-10-18(32)29-21(24)30-19(10)35/h4-8,11-15,20,33-34H,1-3H2,(H,36,37)(H,38,45)(H2,23,25,26)(H3,24,29,30,35)/t7-,8-,11-,12-,13+,14-,15+,20-,22+,44-/m1/s1. The fourth-order valence-corrected chi connectivity index (χ4v) is 11.0. The van der Waals surface area contributed by atoms with E-state index in [2.05, 4.69) is 42.2 Å². The van der Waals surface area contributed by atoms with Gasteiger partial charge in [-0.3, -0.25) is 32.4 Å². The number of anilines is 2. The Morgan fingerprint density at radius 2 is 1.80 bits per heavy atom. The molecule has 0 amide bonds. The maximum Gasteiger partial charge on any atom is 0.472 e. The lowest BCUT2D eigenvalue weighted by atomic mass is 10.0. The molecule has 4 aromatic rings.